The van der Waals surface area contributed by atoms with E-state index < -0.39 is 28.8 Å². The molecule has 0 spiro atoms. The number of nitrogens with zero attached hydrogens (tertiary/aromatic N) is 2. The summed E-state index contributed by atoms with van der Waals surface area (Å²) in [5, 5.41) is 17.7. The molecule has 1 heterocycles. The molecule has 6 nitrogen and oxygen atoms in total. The van der Waals surface area contributed by atoms with Crippen LogP contribution in [0.5, 0.6) is 0 Å². The van der Waals surface area contributed by atoms with E-state index in [2.05, 4.69) is 31.4 Å². The number of hydrogen-bond donors (Lipinski definition) is 2. The number of carboxylic acids is 1. The minimum atomic E-state index is -1.10. The number of carbonyl (C=O) groups is 2. The highest BCUT2D eigenvalue weighted by atomic mass is 79.9. The Balaban J connectivity index is 2.09. The van der Waals surface area contributed by atoms with E-state index in [4.69, 9.17) is 5.11 Å². The molecule has 1 fully saturated rings. The van der Waals surface area contributed by atoms with Gasteiger partial charge in [0, 0.05) is 11.6 Å². The molecule has 1 aliphatic rings. The van der Waals surface area contributed by atoms with Crippen LogP contribution in [0.15, 0.2) is 26.8 Å². The lowest BCUT2D eigenvalue weighted by atomic mass is 10.2. The van der Waals surface area contributed by atoms with Crippen LogP contribution in [0.2, 0.25) is 0 Å². The number of hydrogen-bond acceptors (Lipinski definition) is 5. The average Bonchev–Trinajstić information content (AvgIpc) is 2.75. The van der Waals surface area contributed by atoms with E-state index in [-0.39, 0.29) is 21.6 Å². The van der Waals surface area contributed by atoms with Crippen molar-refractivity contribution in [2.45, 2.75) is 11.7 Å². The number of carboxylic acid groups (broad SMARTS) is 1. The number of benzene rings is 1. The van der Waals surface area contributed by atoms with Crippen LogP contribution in [0.25, 0.3) is 0 Å². The summed E-state index contributed by atoms with van der Waals surface area (Å²) in [6.07, 6.45) is 0.778. The molecule has 1 aromatic carbocycles. The number of halogens is 3. The van der Waals surface area contributed by atoms with Gasteiger partial charge in [0.15, 0.2) is 5.17 Å². The number of thioether (sulfide) groups is 1. The summed E-state index contributed by atoms with van der Waals surface area (Å²) in [6.45, 7) is 0. The number of carbonyl (C=O) groups excluding carboxylic acids is 1. The topological polar surface area (TPSA) is 91.1 Å². The minimum absolute atomic E-state index is 0.0321. The number of amidine groups is 1. The lowest BCUT2D eigenvalue weighted by Gasteiger charge is -1.99. The summed E-state index contributed by atoms with van der Waals surface area (Å²) in [5.41, 5.74) is 0.137. The van der Waals surface area contributed by atoms with Crippen LogP contribution in [0.3, 0.4) is 0 Å². The number of aliphatic carboxylic acids is 1. The third-order valence-electron chi connectivity index (χ3n) is 2.50. The molecule has 1 amide bonds. The van der Waals surface area contributed by atoms with Gasteiger partial charge in [-0.1, -0.05) is 11.8 Å². The van der Waals surface area contributed by atoms with Gasteiger partial charge in [0.1, 0.15) is 16.9 Å². The highest BCUT2D eigenvalue weighted by molar-refractivity contribution is 9.10. The molecular formula is C12H8BrF2N3O3S. The molecule has 1 atom stereocenters. The van der Waals surface area contributed by atoms with E-state index >= 15 is 0 Å². The van der Waals surface area contributed by atoms with Crippen LogP contribution >= 0.6 is 27.7 Å². The second-order valence-electron chi connectivity index (χ2n) is 4.13. The first kappa shape index (κ1) is 16.6. The third-order valence-corrected chi connectivity index (χ3v) is 4.41. The van der Waals surface area contributed by atoms with Crippen molar-refractivity contribution in [1.29, 1.82) is 0 Å². The van der Waals surface area contributed by atoms with E-state index in [1.165, 1.54) is 0 Å². The molecule has 10 heteroatoms. The van der Waals surface area contributed by atoms with Crippen molar-refractivity contribution >= 4 is 51.0 Å². The number of amides is 1. The Bertz CT molecular complexity index is 696. The number of nitrogens with one attached hydrogen (secondary N) is 1. The van der Waals surface area contributed by atoms with Crippen molar-refractivity contribution in [3.63, 3.8) is 0 Å². The van der Waals surface area contributed by atoms with Crippen LogP contribution < -0.4 is 5.32 Å². The number of rotatable bonds is 4. The minimum Gasteiger partial charge on any atom is -0.481 e. The SMILES string of the molecule is O=C(O)CC1SC(=NN=Cc2cc(F)cc(F)c2Br)NC1=O. The first-order chi connectivity index (χ1) is 10.4. The second kappa shape index (κ2) is 6.97. The first-order valence-corrected chi connectivity index (χ1v) is 7.49. The van der Waals surface area contributed by atoms with Gasteiger partial charge in [-0.05, 0) is 22.0 Å². The summed E-state index contributed by atoms with van der Waals surface area (Å²) in [7, 11) is 0. The maximum Gasteiger partial charge on any atom is 0.305 e. The van der Waals surface area contributed by atoms with Gasteiger partial charge in [0.05, 0.1) is 17.1 Å². The molecule has 2 N–H and O–H groups in total. The third kappa shape index (κ3) is 4.10. The molecule has 0 aromatic heterocycles. The first-order valence-electron chi connectivity index (χ1n) is 5.81. The Hall–Kier alpha value is -1.81. The predicted octanol–water partition coefficient (Wildman–Crippen LogP) is 2.12. The largest absolute Gasteiger partial charge is 0.481 e. The molecule has 2 rings (SSSR count). The standard InChI is InChI=1S/C12H8BrF2N3O3S/c13-10-5(1-6(14)2-7(10)15)4-16-18-12-17-11(21)8(22-12)3-9(19)20/h1-2,4,8H,3H2,(H,19,20)(H,17,18,21). The molecule has 0 bridgehead atoms. The second-order valence-corrected chi connectivity index (χ2v) is 6.12. The highest BCUT2D eigenvalue weighted by Gasteiger charge is 2.32. The fourth-order valence-electron chi connectivity index (χ4n) is 1.56. The van der Waals surface area contributed by atoms with Crippen molar-refractivity contribution in [1.82, 2.24) is 5.32 Å². The Kier molecular flexibility index (Phi) is 5.24. The Morgan fingerprint density at radius 1 is 1.50 bits per heavy atom. The van der Waals surface area contributed by atoms with E-state index in [0.29, 0.717) is 0 Å². The predicted molar refractivity (Wildman–Crippen MR) is 80.9 cm³/mol. The van der Waals surface area contributed by atoms with Crippen molar-refractivity contribution in [2.24, 2.45) is 10.2 Å². The smallest absolute Gasteiger partial charge is 0.305 e. The van der Waals surface area contributed by atoms with Gasteiger partial charge < -0.3 is 10.4 Å². The molecule has 1 saturated heterocycles. The molecule has 0 radical (unpaired) electrons. The highest BCUT2D eigenvalue weighted by Crippen LogP contribution is 2.23. The summed E-state index contributed by atoms with van der Waals surface area (Å²) in [6, 6.07) is 1.78. The fourth-order valence-corrected chi connectivity index (χ4v) is 2.80. The van der Waals surface area contributed by atoms with Crippen molar-refractivity contribution in [2.75, 3.05) is 0 Å². The van der Waals surface area contributed by atoms with Crippen LogP contribution in [0.1, 0.15) is 12.0 Å². The van der Waals surface area contributed by atoms with Gasteiger partial charge in [-0.15, -0.1) is 5.10 Å². The van der Waals surface area contributed by atoms with Gasteiger partial charge in [0.25, 0.3) is 0 Å². The lowest BCUT2D eigenvalue weighted by molar-refractivity contribution is -0.138. The van der Waals surface area contributed by atoms with Crippen molar-refractivity contribution < 1.29 is 23.5 Å². The van der Waals surface area contributed by atoms with Crippen molar-refractivity contribution in [3.05, 3.63) is 33.8 Å². The quantitative estimate of drug-likeness (QED) is 0.467. The van der Waals surface area contributed by atoms with Crippen LogP contribution in [0.4, 0.5) is 8.78 Å². The van der Waals surface area contributed by atoms with Gasteiger partial charge in [0.2, 0.25) is 5.91 Å². The molecular weight excluding hydrogens is 384 g/mol. The summed E-state index contributed by atoms with van der Waals surface area (Å²) < 4.78 is 26.4. The zero-order valence-corrected chi connectivity index (χ0v) is 13.1. The Morgan fingerprint density at radius 2 is 2.23 bits per heavy atom. The normalized spacial score (nSPS) is 19.9. The maximum atomic E-state index is 13.3. The van der Waals surface area contributed by atoms with Crippen LogP contribution in [-0.4, -0.2) is 33.6 Å². The van der Waals surface area contributed by atoms with Gasteiger partial charge in [-0.2, -0.15) is 5.10 Å². The summed E-state index contributed by atoms with van der Waals surface area (Å²) in [4.78, 5) is 22.0. The molecule has 1 unspecified atom stereocenters. The van der Waals surface area contributed by atoms with Crippen molar-refractivity contribution in [3.8, 4) is 0 Å². The van der Waals surface area contributed by atoms with E-state index in [0.717, 1.165) is 30.1 Å². The van der Waals surface area contributed by atoms with Crippen LogP contribution in [0, 0.1) is 11.6 Å². The molecule has 22 heavy (non-hydrogen) atoms. The Labute approximate surface area is 135 Å². The van der Waals surface area contributed by atoms with E-state index in [1.54, 1.807) is 0 Å². The van der Waals surface area contributed by atoms with E-state index in [1.807, 2.05) is 0 Å². The van der Waals surface area contributed by atoms with Gasteiger partial charge in [-0.3, -0.25) is 9.59 Å². The zero-order chi connectivity index (χ0) is 16.3. The fraction of sp³-hybridized carbons (Fsp3) is 0.167. The lowest BCUT2D eigenvalue weighted by Crippen LogP contribution is -2.26. The van der Waals surface area contributed by atoms with Gasteiger partial charge in [-0.25, -0.2) is 8.78 Å². The molecule has 1 aliphatic heterocycles. The van der Waals surface area contributed by atoms with Crippen LogP contribution in [-0.2, 0) is 9.59 Å². The maximum absolute atomic E-state index is 13.3. The summed E-state index contributed by atoms with van der Waals surface area (Å²) in [5.74, 6) is -3.12. The molecule has 116 valence electrons. The molecule has 1 aromatic rings. The monoisotopic (exact) mass is 391 g/mol. The van der Waals surface area contributed by atoms with E-state index in [9.17, 15) is 18.4 Å². The Morgan fingerprint density at radius 3 is 2.91 bits per heavy atom. The average molecular weight is 392 g/mol. The zero-order valence-electron chi connectivity index (χ0n) is 10.7. The van der Waals surface area contributed by atoms with Gasteiger partial charge >= 0.3 is 5.97 Å². The molecule has 0 aliphatic carbocycles. The molecule has 0 saturated carbocycles. The summed E-state index contributed by atoms with van der Waals surface area (Å²) >= 11 is 3.88.